The van der Waals surface area contributed by atoms with Crippen LogP contribution in [0.2, 0.25) is 5.02 Å². The van der Waals surface area contributed by atoms with Crippen molar-refractivity contribution in [2.75, 3.05) is 20.3 Å². The van der Waals surface area contributed by atoms with Crippen molar-refractivity contribution in [1.82, 2.24) is 14.5 Å². The molecule has 0 atom stereocenters. The number of nitrogens with zero attached hydrogens (tertiary/aromatic N) is 3. The van der Waals surface area contributed by atoms with E-state index >= 15 is 0 Å². The van der Waals surface area contributed by atoms with Crippen LogP contribution in [-0.4, -0.2) is 40.6 Å². The predicted octanol–water partition coefficient (Wildman–Crippen LogP) is 2.90. The molecule has 1 aromatic heterocycles. The molecule has 1 amide bonds. The Labute approximate surface area is 147 Å². The van der Waals surface area contributed by atoms with Crippen LogP contribution < -0.4 is 9.47 Å². The summed E-state index contributed by atoms with van der Waals surface area (Å²) in [5, 5.41) is 0.371. The van der Waals surface area contributed by atoms with Crippen molar-refractivity contribution >= 4 is 17.5 Å². The van der Waals surface area contributed by atoms with E-state index in [-0.39, 0.29) is 24.7 Å². The molecule has 0 fully saturated rings. The van der Waals surface area contributed by atoms with E-state index in [9.17, 15) is 13.6 Å². The van der Waals surface area contributed by atoms with Gasteiger partial charge in [-0.2, -0.15) is 8.78 Å². The molecule has 0 saturated heterocycles. The first-order chi connectivity index (χ1) is 12.0. The average molecular weight is 372 g/mol. The molecule has 0 aliphatic carbocycles. The lowest BCUT2D eigenvalue weighted by atomic mass is 10.1. The zero-order chi connectivity index (χ0) is 18.0. The number of aromatic nitrogens is 2. The van der Waals surface area contributed by atoms with Gasteiger partial charge in [0.15, 0.2) is 11.5 Å². The number of amides is 1. The predicted molar refractivity (Wildman–Crippen MR) is 86.1 cm³/mol. The molecule has 0 radical (unpaired) electrons. The first kappa shape index (κ1) is 17.5. The van der Waals surface area contributed by atoms with E-state index in [4.69, 9.17) is 21.1 Å². The van der Waals surface area contributed by atoms with E-state index < -0.39 is 6.55 Å². The summed E-state index contributed by atoms with van der Waals surface area (Å²) < 4.78 is 37.3. The molecule has 2 aromatic rings. The molecule has 1 aliphatic rings. The van der Waals surface area contributed by atoms with Crippen molar-refractivity contribution in [3.63, 3.8) is 0 Å². The van der Waals surface area contributed by atoms with Crippen molar-refractivity contribution in [3.8, 4) is 11.5 Å². The first-order valence-electron chi connectivity index (χ1n) is 7.57. The van der Waals surface area contributed by atoms with Crippen LogP contribution in [0, 0.1) is 0 Å². The van der Waals surface area contributed by atoms with Gasteiger partial charge < -0.3 is 14.4 Å². The van der Waals surface area contributed by atoms with Crippen LogP contribution in [0.1, 0.15) is 17.9 Å². The van der Waals surface area contributed by atoms with Crippen LogP contribution in [0.15, 0.2) is 24.5 Å². The van der Waals surface area contributed by atoms with Gasteiger partial charge in [-0.3, -0.25) is 9.36 Å². The molecule has 1 aliphatic heterocycles. The van der Waals surface area contributed by atoms with Crippen molar-refractivity contribution in [2.24, 2.45) is 0 Å². The number of hydrogen-bond donors (Lipinski definition) is 0. The van der Waals surface area contributed by atoms with E-state index in [0.29, 0.717) is 35.3 Å². The largest absolute Gasteiger partial charge is 0.486 e. The number of rotatable bonds is 5. The topological polar surface area (TPSA) is 56.6 Å². The highest BCUT2D eigenvalue weighted by Gasteiger charge is 2.20. The van der Waals surface area contributed by atoms with Crippen molar-refractivity contribution in [2.45, 2.75) is 19.5 Å². The number of benzene rings is 1. The van der Waals surface area contributed by atoms with Gasteiger partial charge >= 0.3 is 6.55 Å². The fourth-order valence-corrected chi connectivity index (χ4v) is 2.81. The van der Waals surface area contributed by atoms with Gasteiger partial charge in [-0.1, -0.05) is 11.6 Å². The summed E-state index contributed by atoms with van der Waals surface area (Å²) in [6.07, 6.45) is 2.52. The molecule has 0 N–H and O–H groups in total. The highest BCUT2D eigenvalue weighted by atomic mass is 35.5. The molecular formula is C16H16ClF2N3O3. The minimum Gasteiger partial charge on any atom is -0.486 e. The van der Waals surface area contributed by atoms with E-state index in [0.717, 1.165) is 4.57 Å². The lowest BCUT2D eigenvalue weighted by Gasteiger charge is -2.21. The summed E-state index contributed by atoms with van der Waals surface area (Å²) >= 11 is 6.15. The molecule has 6 nitrogen and oxygen atoms in total. The highest BCUT2D eigenvalue weighted by Crippen LogP contribution is 2.38. The smallest absolute Gasteiger partial charge is 0.319 e. The fourth-order valence-electron chi connectivity index (χ4n) is 2.52. The SMILES string of the molecule is CN(Cc1nccn1C(F)F)C(=O)Cc1cc(Cl)c2c(c1)OCCO2. The molecule has 25 heavy (non-hydrogen) atoms. The zero-order valence-electron chi connectivity index (χ0n) is 13.4. The summed E-state index contributed by atoms with van der Waals surface area (Å²) in [5.41, 5.74) is 0.656. The van der Waals surface area contributed by atoms with E-state index in [2.05, 4.69) is 4.98 Å². The van der Waals surface area contributed by atoms with Crippen LogP contribution in [0.5, 0.6) is 11.5 Å². The summed E-state index contributed by atoms with van der Waals surface area (Å²) in [6, 6.07) is 3.34. The first-order valence-corrected chi connectivity index (χ1v) is 7.95. The second-order valence-electron chi connectivity index (χ2n) is 5.56. The van der Waals surface area contributed by atoms with Gasteiger partial charge in [0.05, 0.1) is 18.0 Å². The van der Waals surface area contributed by atoms with Crippen molar-refractivity contribution in [3.05, 3.63) is 40.9 Å². The standard InChI is InChI=1S/C16H16ClF2N3O3/c1-21(9-13-20-2-3-22(13)16(18)19)14(23)8-10-6-11(17)15-12(7-10)24-4-5-25-15/h2-3,6-7,16H,4-5,8-9H2,1H3. The van der Waals surface area contributed by atoms with Gasteiger partial charge in [-0.15, -0.1) is 0 Å². The van der Waals surface area contributed by atoms with Gasteiger partial charge in [-0.05, 0) is 17.7 Å². The van der Waals surface area contributed by atoms with Gasteiger partial charge in [-0.25, -0.2) is 4.98 Å². The molecule has 0 bridgehead atoms. The van der Waals surface area contributed by atoms with Gasteiger partial charge in [0.1, 0.15) is 19.0 Å². The Kier molecular flexibility index (Phi) is 5.08. The van der Waals surface area contributed by atoms with E-state index in [1.165, 1.54) is 24.3 Å². The Hall–Kier alpha value is -2.35. The Bertz CT molecular complexity index is 782. The Morgan fingerprint density at radius 3 is 2.92 bits per heavy atom. The molecule has 9 heteroatoms. The molecule has 0 saturated carbocycles. The molecule has 3 rings (SSSR count). The van der Waals surface area contributed by atoms with Crippen LogP contribution in [0.4, 0.5) is 8.78 Å². The summed E-state index contributed by atoms with van der Waals surface area (Å²) in [4.78, 5) is 17.6. The summed E-state index contributed by atoms with van der Waals surface area (Å²) in [5.74, 6) is 0.830. The minimum absolute atomic E-state index is 0.0194. The van der Waals surface area contributed by atoms with Gasteiger partial charge in [0.25, 0.3) is 0 Å². The van der Waals surface area contributed by atoms with E-state index in [1.54, 1.807) is 12.1 Å². The number of imidazole rings is 1. The van der Waals surface area contributed by atoms with Crippen LogP contribution >= 0.6 is 11.6 Å². The third kappa shape index (κ3) is 3.84. The van der Waals surface area contributed by atoms with Crippen molar-refractivity contribution in [1.29, 1.82) is 0 Å². The normalized spacial score (nSPS) is 13.2. The second-order valence-corrected chi connectivity index (χ2v) is 5.96. The van der Waals surface area contributed by atoms with Crippen LogP contribution in [0.3, 0.4) is 0 Å². The monoisotopic (exact) mass is 371 g/mol. The Morgan fingerprint density at radius 1 is 1.40 bits per heavy atom. The van der Waals surface area contributed by atoms with Gasteiger partial charge in [0.2, 0.25) is 5.91 Å². The fraction of sp³-hybridized carbons (Fsp3) is 0.375. The number of alkyl halides is 2. The quantitative estimate of drug-likeness (QED) is 0.811. The maximum Gasteiger partial charge on any atom is 0.319 e. The van der Waals surface area contributed by atoms with E-state index in [1.807, 2.05) is 0 Å². The zero-order valence-corrected chi connectivity index (χ0v) is 14.2. The third-order valence-corrected chi connectivity index (χ3v) is 4.06. The maximum absolute atomic E-state index is 12.8. The maximum atomic E-state index is 12.8. The highest BCUT2D eigenvalue weighted by molar-refractivity contribution is 6.32. The number of likely N-dealkylation sites (N-methyl/N-ethyl adjacent to an activating group) is 1. The molecule has 1 aromatic carbocycles. The molecule has 2 heterocycles. The number of carbonyl (C=O) groups is 1. The number of carbonyl (C=O) groups excluding carboxylic acids is 1. The molecule has 0 unspecified atom stereocenters. The number of halogens is 3. The lowest BCUT2D eigenvalue weighted by Crippen LogP contribution is -2.29. The van der Waals surface area contributed by atoms with Gasteiger partial charge in [0, 0.05) is 19.4 Å². The van der Waals surface area contributed by atoms with Crippen LogP contribution in [-0.2, 0) is 17.8 Å². The third-order valence-electron chi connectivity index (χ3n) is 3.78. The summed E-state index contributed by atoms with van der Waals surface area (Å²) in [7, 11) is 1.53. The number of ether oxygens (including phenoxy) is 2. The Morgan fingerprint density at radius 2 is 2.16 bits per heavy atom. The Balaban J connectivity index is 1.69. The molecule has 134 valence electrons. The molecule has 0 spiro atoms. The number of fused-ring (bicyclic) bond motifs is 1. The molecular weight excluding hydrogens is 356 g/mol. The number of hydrogen-bond acceptors (Lipinski definition) is 4. The second kappa shape index (κ2) is 7.26. The lowest BCUT2D eigenvalue weighted by molar-refractivity contribution is -0.129. The summed E-state index contributed by atoms with van der Waals surface area (Å²) in [6.45, 7) is -1.88. The van der Waals surface area contributed by atoms with Crippen molar-refractivity contribution < 1.29 is 23.0 Å². The van der Waals surface area contributed by atoms with Crippen LogP contribution in [0.25, 0.3) is 0 Å². The average Bonchev–Trinajstić information content (AvgIpc) is 3.03. The minimum atomic E-state index is -2.70.